The van der Waals surface area contributed by atoms with Crippen molar-refractivity contribution in [2.75, 3.05) is 17.2 Å². The van der Waals surface area contributed by atoms with E-state index in [2.05, 4.69) is 41.6 Å². The lowest BCUT2D eigenvalue weighted by atomic mass is 10.0. The Hall–Kier alpha value is -3.14. The van der Waals surface area contributed by atoms with Crippen LogP contribution >= 0.6 is 0 Å². The van der Waals surface area contributed by atoms with Crippen molar-refractivity contribution in [2.24, 2.45) is 0 Å². The highest BCUT2D eigenvalue weighted by molar-refractivity contribution is 6.04. The predicted molar refractivity (Wildman–Crippen MR) is 111 cm³/mol. The van der Waals surface area contributed by atoms with Crippen LogP contribution in [0.15, 0.2) is 72.9 Å². The van der Waals surface area contributed by atoms with Crippen LogP contribution in [0.3, 0.4) is 0 Å². The molecular formula is C23H25N3O. The second-order valence-electron chi connectivity index (χ2n) is 6.83. The summed E-state index contributed by atoms with van der Waals surface area (Å²) < 4.78 is 0. The topological polar surface area (TPSA) is 54.0 Å². The number of anilines is 2. The van der Waals surface area contributed by atoms with Crippen molar-refractivity contribution in [1.82, 2.24) is 4.98 Å². The number of nitrogens with zero attached hydrogens (tertiary/aromatic N) is 1. The third kappa shape index (κ3) is 5.42. The van der Waals surface area contributed by atoms with Gasteiger partial charge in [-0.2, -0.15) is 0 Å². The Labute approximate surface area is 160 Å². The SMILES string of the molecule is CC(C)c1ccc(NC(=O)c2ccc(NCCc3ccccc3)nc2)cc1. The van der Waals surface area contributed by atoms with E-state index in [1.54, 1.807) is 12.3 Å². The first-order chi connectivity index (χ1) is 13.1. The lowest BCUT2D eigenvalue weighted by Crippen LogP contribution is -2.13. The molecule has 0 fully saturated rings. The fraction of sp³-hybridized carbons (Fsp3) is 0.217. The molecule has 0 unspecified atom stereocenters. The van der Waals surface area contributed by atoms with Gasteiger partial charge in [-0.05, 0) is 47.7 Å². The molecule has 1 heterocycles. The summed E-state index contributed by atoms with van der Waals surface area (Å²) in [6.45, 7) is 5.09. The first kappa shape index (κ1) is 18.6. The van der Waals surface area contributed by atoms with E-state index in [0.29, 0.717) is 11.5 Å². The first-order valence-corrected chi connectivity index (χ1v) is 9.27. The minimum absolute atomic E-state index is 0.157. The summed E-state index contributed by atoms with van der Waals surface area (Å²) in [6, 6.07) is 21.9. The molecule has 1 aromatic heterocycles. The molecule has 0 spiro atoms. The van der Waals surface area contributed by atoms with E-state index in [-0.39, 0.29) is 5.91 Å². The van der Waals surface area contributed by atoms with Crippen LogP contribution in [0.1, 0.15) is 41.3 Å². The molecular weight excluding hydrogens is 334 g/mol. The van der Waals surface area contributed by atoms with Crippen LogP contribution in [-0.2, 0) is 6.42 Å². The molecule has 2 aromatic carbocycles. The van der Waals surface area contributed by atoms with Gasteiger partial charge in [0.1, 0.15) is 5.82 Å². The molecule has 27 heavy (non-hydrogen) atoms. The fourth-order valence-corrected chi connectivity index (χ4v) is 2.77. The van der Waals surface area contributed by atoms with Gasteiger partial charge < -0.3 is 10.6 Å². The van der Waals surface area contributed by atoms with Gasteiger partial charge in [-0.25, -0.2) is 4.98 Å². The monoisotopic (exact) mass is 359 g/mol. The van der Waals surface area contributed by atoms with Gasteiger partial charge in [0.25, 0.3) is 5.91 Å². The van der Waals surface area contributed by atoms with E-state index >= 15 is 0 Å². The quantitative estimate of drug-likeness (QED) is 0.616. The molecule has 0 radical (unpaired) electrons. The molecule has 4 nitrogen and oxygen atoms in total. The van der Waals surface area contributed by atoms with Gasteiger partial charge in [0.05, 0.1) is 5.56 Å². The van der Waals surface area contributed by atoms with Crippen LogP contribution in [0.25, 0.3) is 0 Å². The molecule has 0 bridgehead atoms. The average molecular weight is 359 g/mol. The number of benzene rings is 2. The number of carbonyl (C=O) groups is 1. The molecule has 0 saturated carbocycles. The van der Waals surface area contributed by atoms with Gasteiger partial charge in [-0.3, -0.25) is 4.79 Å². The molecule has 138 valence electrons. The van der Waals surface area contributed by atoms with Gasteiger partial charge in [0.15, 0.2) is 0 Å². The minimum atomic E-state index is -0.157. The Bertz CT molecular complexity index is 856. The first-order valence-electron chi connectivity index (χ1n) is 9.27. The number of pyridine rings is 1. The van der Waals surface area contributed by atoms with Crippen LogP contribution in [0.4, 0.5) is 11.5 Å². The average Bonchev–Trinajstić information content (AvgIpc) is 2.70. The molecule has 0 saturated heterocycles. The summed E-state index contributed by atoms with van der Waals surface area (Å²) in [6.07, 6.45) is 2.53. The van der Waals surface area contributed by atoms with Crippen molar-refractivity contribution < 1.29 is 4.79 Å². The minimum Gasteiger partial charge on any atom is -0.370 e. The Morgan fingerprint density at radius 3 is 2.33 bits per heavy atom. The molecule has 2 N–H and O–H groups in total. The van der Waals surface area contributed by atoms with Crippen LogP contribution in [0.2, 0.25) is 0 Å². The van der Waals surface area contributed by atoms with E-state index in [9.17, 15) is 4.79 Å². The van der Waals surface area contributed by atoms with Gasteiger partial charge >= 0.3 is 0 Å². The maximum Gasteiger partial charge on any atom is 0.257 e. The number of rotatable bonds is 7. The fourth-order valence-electron chi connectivity index (χ4n) is 2.77. The Morgan fingerprint density at radius 2 is 1.70 bits per heavy atom. The number of hydrogen-bond donors (Lipinski definition) is 2. The molecule has 0 aliphatic carbocycles. The van der Waals surface area contributed by atoms with E-state index in [0.717, 1.165) is 24.5 Å². The molecule has 1 amide bonds. The maximum absolute atomic E-state index is 12.4. The zero-order chi connectivity index (χ0) is 19.1. The number of nitrogens with one attached hydrogen (secondary N) is 2. The summed E-state index contributed by atoms with van der Waals surface area (Å²) >= 11 is 0. The smallest absolute Gasteiger partial charge is 0.257 e. The highest BCUT2D eigenvalue weighted by atomic mass is 16.1. The highest BCUT2D eigenvalue weighted by Crippen LogP contribution is 2.18. The molecule has 3 rings (SSSR count). The Morgan fingerprint density at radius 1 is 0.963 bits per heavy atom. The molecule has 3 aromatic rings. The number of carbonyl (C=O) groups excluding carboxylic acids is 1. The predicted octanol–water partition coefficient (Wildman–Crippen LogP) is 5.11. The van der Waals surface area contributed by atoms with Crippen molar-refractivity contribution >= 4 is 17.4 Å². The summed E-state index contributed by atoms with van der Waals surface area (Å²) in [5.74, 6) is 1.08. The lowest BCUT2D eigenvalue weighted by Gasteiger charge is -2.09. The Kier molecular flexibility index (Phi) is 6.21. The van der Waals surface area contributed by atoms with Crippen LogP contribution in [-0.4, -0.2) is 17.4 Å². The zero-order valence-electron chi connectivity index (χ0n) is 15.8. The van der Waals surface area contributed by atoms with Gasteiger partial charge in [-0.15, -0.1) is 0 Å². The van der Waals surface area contributed by atoms with Gasteiger partial charge in [0.2, 0.25) is 0 Å². The zero-order valence-corrected chi connectivity index (χ0v) is 15.8. The van der Waals surface area contributed by atoms with Crippen molar-refractivity contribution in [3.8, 4) is 0 Å². The lowest BCUT2D eigenvalue weighted by molar-refractivity contribution is 0.102. The van der Waals surface area contributed by atoms with E-state index in [1.165, 1.54) is 11.1 Å². The highest BCUT2D eigenvalue weighted by Gasteiger charge is 2.07. The summed E-state index contributed by atoms with van der Waals surface area (Å²) in [5.41, 5.74) is 3.86. The number of aromatic nitrogens is 1. The maximum atomic E-state index is 12.4. The standard InChI is InChI=1S/C23H25N3O/c1-17(2)19-8-11-21(12-9-19)26-23(27)20-10-13-22(25-16-20)24-15-14-18-6-4-3-5-7-18/h3-13,16-17H,14-15H2,1-2H3,(H,24,25)(H,26,27). The molecule has 0 aliphatic rings. The number of amides is 1. The third-order valence-corrected chi connectivity index (χ3v) is 4.42. The van der Waals surface area contributed by atoms with Crippen molar-refractivity contribution in [3.05, 3.63) is 89.6 Å². The molecule has 0 aliphatic heterocycles. The summed E-state index contributed by atoms with van der Waals surface area (Å²) in [4.78, 5) is 16.7. The van der Waals surface area contributed by atoms with Crippen molar-refractivity contribution in [3.63, 3.8) is 0 Å². The van der Waals surface area contributed by atoms with E-state index < -0.39 is 0 Å². The van der Waals surface area contributed by atoms with Crippen LogP contribution in [0, 0.1) is 0 Å². The summed E-state index contributed by atoms with van der Waals surface area (Å²) in [7, 11) is 0. The second-order valence-corrected chi connectivity index (χ2v) is 6.83. The Balaban J connectivity index is 1.52. The largest absolute Gasteiger partial charge is 0.370 e. The van der Waals surface area contributed by atoms with E-state index in [4.69, 9.17) is 0 Å². The second kappa shape index (κ2) is 8.99. The number of hydrogen-bond acceptors (Lipinski definition) is 3. The normalized spacial score (nSPS) is 10.6. The van der Waals surface area contributed by atoms with Crippen LogP contribution < -0.4 is 10.6 Å². The van der Waals surface area contributed by atoms with Crippen LogP contribution in [0.5, 0.6) is 0 Å². The molecule has 4 heteroatoms. The summed E-state index contributed by atoms with van der Waals surface area (Å²) in [5, 5.41) is 6.19. The molecule has 0 atom stereocenters. The van der Waals surface area contributed by atoms with E-state index in [1.807, 2.05) is 48.5 Å². The van der Waals surface area contributed by atoms with Crippen molar-refractivity contribution in [2.45, 2.75) is 26.2 Å². The third-order valence-electron chi connectivity index (χ3n) is 4.42. The van der Waals surface area contributed by atoms with Crippen molar-refractivity contribution in [1.29, 1.82) is 0 Å². The van der Waals surface area contributed by atoms with Gasteiger partial charge in [-0.1, -0.05) is 56.3 Å². The van der Waals surface area contributed by atoms with Gasteiger partial charge in [0, 0.05) is 18.4 Å².